The van der Waals surface area contributed by atoms with Gasteiger partial charge in [-0.15, -0.1) is 0 Å². The second-order valence-electron chi connectivity index (χ2n) is 6.43. The van der Waals surface area contributed by atoms with Crippen molar-refractivity contribution in [3.63, 3.8) is 0 Å². The van der Waals surface area contributed by atoms with Crippen LogP contribution in [-0.2, 0) is 6.54 Å². The molecule has 4 rings (SSSR count). The molecule has 29 heavy (non-hydrogen) atoms. The molecule has 0 unspecified atom stereocenters. The first kappa shape index (κ1) is 18.4. The van der Waals surface area contributed by atoms with Crippen LogP contribution >= 0.6 is 0 Å². The third-order valence-electron chi connectivity index (χ3n) is 4.57. The molecular weight excluding hydrogens is 370 g/mol. The summed E-state index contributed by atoms with van der Waals surface area (Å²) in [5.41, 5.74) is 2.54. The zero-order valence-corrected chi connectivity index (χ0v) is 15.4. The lowest BCUT2D eigenvalue weighted by Crippen LogP contribution is -2.18. The fourth-order valence-electron chi connectivity index (χ4n) is 3.07. The SMILES string of the molecule is O=Cc1ccc(OCCn2c(=O)oc3cc(C(=O)c4ccccc4)ccc32)cc1. The van der Waals surface area contributed by atoms with Crippen molar-refractivity contribution in [2.24, 2.45) is 0 Å². The second-order valence-corrected chi connectivity index (χ2v) is 6.43. The summed E-state index contributed by atoms with van der Waals surface area (Å²) in [5, 5.41) is 0. The number of hydrogen-bond donors (Lipinski definition) is 0. The van der Waals surface area contributed by atoms with Gasteiger partial charge in [-0.1, -0.05) is 30.3 Å². The standard InChI is InChI=1S/C23H17NO5/c25-15-16-6-9-19(10-7-16)28-13-12-24-20-11-8-18(14-21(20)29-23(24)27)22(26)17-4-2-1-3-5-17/h1-11,14-15H,12-13H2. The van der Waals surface area contributed by atoms with Gasteiger partial charge in [0.2, 0.25) is 0 Å². The molecule has 1 heterocycles. The van der Waals surface area contributed by atoms with Crippen molar-refractivity contribution in [1.29, 1.82) is 0 Å². The number of aldehydes is 1. The van der Waals surface area contributed by atoms with Crippen LogP contribution < -0.4 is 10.5 Å². The van der Waals surface area contributed by atoms with E-state index in [1.807, 2.05) is 6.07 Å². The highest BCUT2D eigenvalue weighted by molar-refractivity contribution is 6.10. The van der Waals surface area contributed by atoms with Crippen molar-refractivity contribution in [2.75, 3.05) is 6.61 Å². The van der Waals surface area contributed by atoms with Crippen LogP contribution in [-0.4, -0.2) is 23.2 Å². The Kier molecular flexibility index (Phi) is 5.07. The molecule has 0 atom stereocenters. The second kappa shape index (κ2) is 7.98. The summed E-state index contributed by atoms with van der Waals surface area (Å²) in [7, 11) is 0. The van der Waals surface area contributed by atoms with E-state index in [0.717, 1.165) is 6.29 Å². The summed E-state index contributed by atoms with van der Waals surface area (Å²) >= 11 is 0. The fourth-order valence-corrected chi connectivity index (χ4v) is 3.07. The van der Waals surface area contributed by atoms with Crippen LogP contribution in [0.2, 0.25) is 0 Å². The number of hydrogen-bond acceptors (Lipinski definition) is 5. The number of carbonyl (C=O) groups excluding carboxylic acids is 2. The van der Waals surface area contributed by atoms with E-state index in [1.54, 1.807) is 66.7 Å². The molecule has 0 fully saturated rings. The van der Waals surface area contributed by atoms with E-state index in [1.165, 1.54) is 4.57 Å². The van der Waals surface area contributed by atoms with Crippen LogP contribution in [0.5, 0.6) is 5.75 Å². The number of ketones is 1. The molecule has 0 amide bonds. The Bertz CT molecular complexity index is 1220. The van der Waals surface area contributed by atoms with E-state index in [9.17, 15) is 14.4 Å². The topological polar surface area (TPSA) is 78.5 Å². The molecule has 0 aliphatic rings. The van der Waals surface area contributed by atoms with Gasteiger partial charge in [0.1, 0.15) is 18.6 Å². The van der Waals surface area contributed by atoms with Crippen molar-refractivity contribution in [3.8, 4) is 5.75 Å². The van der Waals surface area contributed by atoms with E-state index in [4.69, 9.17) is 9.15 Å². The molecular formula is C23H17NO5. The first-order chi connectivity index (χ1) is 14.2. The van der Waals surface area contributed by atoms with Gasteiger partial charge in [0, 0.05) is 16.7 Å². The van der Waals surface area contributed by atoms with Crippen LogP contribution in [0.25, 0.3) is 11.1 Å². The summed E-state index contributed by atoms with van der Waals surface area (Å²) < 4.78 is 12.4. The Morgan fingerprint density at radius 2 is 1.72 bits per heavy atom. The molecule has 0 N–H and O–H groups in total. The maximum atomic E-state index is 12.6. The molecule has 144 valence electrons. The molecule has 0 saturated carbocycles. The summed E-state index contributed by atoms with van der Waals surface area (Å²) in [6, 6.07) is 20.6. The average molecular weight is 387 g/mol. The van der Waals surface area contributed by atoms with Crippen LogP contribution in [0, 0.1) is 0 Å². The Balaban J connectivity index is 1.51. The highest BCUT2D eigenvalue weighted by Gasteiger charge is 2.14. The smallest absolute Gasteiger partial charge is 0.420 e. The van der Waals surface area contributed by atoms with E-state index in [2.05, 4.69) is 0 Å². The maximum absolute atomic E-state index is 12.6. The number of aromatic nitrogens is 1. The number of oxazole rings is 1. The lowest BCUT2D eigenvalue weighted by atomic mass is 10.0. The molecule has 0 saturated heterocycles. The summed E-state index contributed by atoms with van der Waals surface area (Å²) in [6.45, 7) is 0.535. The number of benzene rings is 3. The van der Waals surface area contributed by atoms with E-state index < -0.39 is 5.76 Å². The molecule has 1 aromatic heterocycles. The van der Waals surface area contributed by atoms with Gasteiger partial charge in [-0.25, -0.2) is 4.79 Å². The van der Waals surface area contributed by atoms with Crippen LogP contribution in [0.1, 0.15) is 26.3 Å². The van der Waals surface area contributed by atoms with Gasteiger partial charge in [-0.3, -0.25) is 14.2 Å². The predicted octanol–water partition coefficient (Wildman–Crippen LogP) is 3.72. The highest BCUT2D eigenvalue weighted by Crippen LogP contribution is 2.18. The predicted molar refractivity (Wildman–Crippen MR) is 108 cm³/mol. The van der Waals surface area contributed by atoms with E-state index in [-0.39, 0.29) is 18.9 Å². The minimum Gasteiger partial charge on any atom is -0.492 e. The summed E-state index contributed by atoms with van der Waals surface area (Å²) in [4.78, 5) is 35.5. The molecule has 4 aromatic rings. The molecule has 0 aliphatic carbocycles. The number of nitrogens with zero attached hydrogens (tertiary/aromatic N) is 1. The van der Waals surface area contributed by atoms with Crippen molar-refractivity contribution >= 4 is 23.2 Å². The van der Waals surface area contributed by atoms with E-state index >= 15 is 0 Å². The zero-order valence-electron chi connectivity index (χ0n) is 15.4. The Hall–Kier alpha value is -3.93. The number of fused-ring (bicyclic) bond motifs is 1. The summed E-state index contributed by atoms with van der Waals surface area (Å²) in [5.74, 6) is -0.0404. The number of carbonyl (C=O) groups is 2. The van der Waals surface area contributed by atoms with Gasteiger partial charge in [-0.05, 0) is 42.5 Å². The third kappa shape index (κ3) is 3.87. The lowest BCUT2D eigenvalue weighted by Gasteiger charge is -2.07. The van der Waals surface area contributed by atoms with Crippen LogP contribution in [0.3, 0.4) is 0 Å². The van der Waals surface area contributed by atoms with Crippen LogP contribution in [0.15, 0.2) is 82.0 Å². The van der Waals surface area contributed by atoms with Crippen molar-refractivity contribution < 1.29 is 18.7 Å². The maximum Gasteiger partial charge on any atom is 0.420 e. The molecule has 0 aliphatic heterocycles. The minimum atomic E-state index is -0.510. The van der Waals surface area contributed by atoms with Gasteiger partial charge in [-0.2, -0.15) is 0 Å². The largest absolute Gasteiger partial charge is 0.492 e. The molecule has 0 spiro atoms. The van der Waals surface area contributed by atoms with E-state index in [0.29, 0.717) is 33.5 Å². The molecule has 3 aromatic carbocycles. The first-order valence-corrected chi connectivity index (χ1v) is 9.07. The Labute approximate surface area is 166 Å². The van der Waals surface area contributed by atoms with Gasteiger partial charge in [0.05, 0.1) is 12.1 Å². The molecule has 0 radical (unpaired) electrons. The monoisotopic (exact) mass is 387 g/mol. The Morgan fingerprint density at radius 1 is 0.966 bits per heavy atom. The minimum absolute atomic E-state index is 0.134. The summed E-state index contributed by atoms with van der Waals surface area (Å²) in [6.07, 6.45) is 0.762. The normalized spacial score (nSPS) is 10.8. The number of rotatable bonds is 7. The lowest BCUT2D eigenvalue weighted by molar-refractivity contribution is 0.103. The first-order valence-electron chi connectivity index (χ1n) is 9.07. The quantitative estimate of drug-likeness (QED) is 0.357. The van der Waals surface area contributed by atoms with Crippen LogP contribution in [0.4, 0.5) is 0 Å². The van der Waals surface area contributed by atoms with Crippen molar-refractivity contribution in [2.45, 2.75) is 6.54 Å². The number of ether oxygens (including phenoxy) is 1. The third-order valence-corrected chi connectivity index (χ3v) is 4.57. The van der Waals surface area contributed by atoms with Gasteiger partial charge in [0.15, 0.2) is 11.4 Å². The van der Waals surface area contributed by atoms with Gasteiger partial charge in [0.25, 0.3) is 0 Å². The van der Waals surface area contributed by atoms with Gasteiger partial charge < -0.3 is 9.15 Å². The zero-order chi connectivity index (χ0) is 20.2. The van der Waals surface area contributed by atoms with Gasteiger partial charge >= 0.3 is 5.76 Å². The average Bonchev–Trinajstić information content (AvgIpc) is 3.08. The fraction of sp³-hybridized carbons (Fsp3) is 0.0870. The van der Waals surface area contributed by atoms with Crippen molar-refractivity contribution in [3.05, 3.63) is 100 Å². The Morgan fingerprint density at radius 3 is 2.45 bits per heavy atom. The molecule has 0 bridgehead atoms. The van der Waals surface area contributed by atoms with Crippen molar-refractivity contribution in [1.82, 2.24) is 4.57 Å². The molecule has 6 nitrogen and oxygen atoms in total. The molecule has 6 heteroatoms. The highest BCUT2D eigenvalue weighted by atomic mass is 16.5.